The molecular formula is C16H40OSi3. The fourth-order valence-corrected chi connectivity index (χ4v) is 35.7. The molecule has 1 atom stereocenters. The summed E-state index contributed by atoms with van der Waals surface area (Å²) in [6, 6.07) is 0. The molecule has 0 spiro atoms. The van der Waals surface area contributed by atoms with Crippen molar-refractivity contribution in [2.75, 3.05) is 7.11 Å². The fraction of sp³-hybridized carbons (Fsp3) is 1.00. The first-order valence-electron chi connectivity index (χ1n) is 7.98. The van der Waals surface area contributed by atoms with Gasteiger partial charge in [0.05, 0.1) is 8.07 Å². The number of hydrogen-bond acceptors (Lipinski definition) is 1. The van der Waals surface area contributed by atoms with Crippen LogP contribution >= 0.6 is 0 Å². The molecule has 0 rings (SSSR count). The summed E-state index contributed by atoms with van der Waals surface area (Å²) < 4.78 is 6.17. The summed E-state index contributed by atoms with van der Waals surface area (Å²) in [6.07, 6.45) is 0. The first kappa shape index (κ1) is 20.6. The smallest absolute Gasteiger partial charge is 0.184 e. The molecule has 1 unspecified atom stereocenters. The van der Waals surface area contributed by atoms with E-state index in [1.54, 1.807) is 0 Å². The van der Waals surface area contributed by atoms with Crippen LogP contribution in [0.25, 0.3) is 0 Å². The van der Waals surface area contributed by atoms with E-state index in [9.17, 15) is 0 Å². The molecule has 0 amide bonds. The highest BCUT2D eigenvalue weighted by Gasteiger charge is 2.62. The van der Waals surface area contributed by atoms with Crippen molar-refractivity contribution in [3.8, 4) is 0 Å². The maximum absolute atomic E-state index is 6.17. The van der Waals surface area contributed by atoms with E-state index in [0.717, 1.165) is 4.79 Å². The Morgan fingerprint density at radius 2 is 1.00 bits per heavy atom. The van der Waals surface area contributed by atoms with Gasteiger partial charge in [-0.3, -0.25) is 0 Å². The van der Waals surface area contributed by atoms with Gasteiger partial charge in [0, 0.05) is 15.2 Å². The van der Waals surface area contributed by atoms with E-state index >= 15 is 0 Å². The van der Waals surface area contributed by atoms with Crippen LogP contribution in [0.5, 0.6) is 0 Å². The van der Waals surface area contributed by atoms with E-state index in [1.807, 2.05) is 7.11 Å². The van der Waals surface area contributed by atoms with E-state index in [-0.39, 0.29) is 0 Å². The molecule has 0 saturated carbocycles. The van der Waals surface area contributed by atoms with Crippen LogP contribution in [0, 0.1) is 0 Å². The summed E-state index contributed by atoms with van der Waals surface area (Å²) in [5.74, 6) is 0. The van der Waals surface area contributed by atoms with Crippen molar-refractivity contribution >= 4 is 24.5 Å². The van der Waals surface area contributed by atoms with E-state index in [4.69, 9.17) is 4.43 Å². The summed E-state index contributed by atoms with van der Waals surface area (Å²) in [7, 11) is -2.59. The molecule has 0 bridgehead atoms. The normalized spacial score (nSPS) is 17.2. The zero-order valence-electron chi connectivity index (χ0n) is 16.5. The maximum atomic E-state index is 6.17. The van der Waals surface area contributed by atoms with Crippen LogP contribution < -0.4 is 0 Å². The molecule has 0 aliphatic rings. The lowest BCUT2D eigenvalue weighted by Gasteiger charge is -2.60. The van der Waals surface area contributed by atoms with Crippen LogP contribution in [0.15, 0.2) is 0 Å². The highest BCUT2D eigenvalue weighted by atomic mass is 28.5. The van der Waals surface area contributed by atoms with Crippen LogP contribution in [0.3, 0.4) is 0 Å². The second-order valence-corrected chi connectivity index (χ2v) is 27.5. The molecule has 0 saturated heterocycles. The average Bonchev–Trinajstić information content (AvgIpc) is 2.11. The summed E-state index contributed by atoms with van der Waals surface area (Å²) >= 11 is 0. The van der Waals surface area contributed by atoms with Gasteiger partial charge < -0.3 is 4.43 Å². The minimum atomic E-state index is -1.67. The SMILES string of the molecule is CO[Si](C)(C)C([Si](C)(C)C)[Si](C)(C(C)(C)C)C(C)(C)C. The van der Waals surface area contributed by atoms with Crippen molar-refractivity contribution in [2.24, 2.45) is 0 Å². The van der Waals surface area contributed by atoms with E-state index in [0.29, 0.717) is 10.1 Å². The van der Waals surface area contributed by atoms with Crippen molar-refractivity contribution in [3.63, 3.8) is 0 Å². The Bertz CT molecular complexity index is 315. The highest BCUT2D eigenvalue weighted by molar-refractivity contribution is 7.13. The second-order valence-electron chi connectivity index (χ2n) is 10.3. The van der Waals surface area contributed by atoms with Crippen molar-refractivity contribution in [3.05, 3.63) is 0 Å². The lowest BCUT2D eigenvalue weighted by Crippen LogP contribution is -2.66. The summed E-state index contributed by atoms with van der Waals surface area (Å²) in [4.78, 5) is 0.854. The monoisotopic (exact) mass is 332 g/mol. The molecule has 0 fully saturated rings. The molecule has 0 aromatic carbocycles. The maximum Gasteiger partial charge on any atom is 0.184 e. The quantitative estimate of drug-likeness (QED) is 0.549. The zero-order valence-corrected chi connectivity index (χ0v) is 19.5. The highest BCUT2D eigenvalue weighted by Crippen LogP contribution is 2.61. The molecule has 0 aromatic heterocycles. The van der Waals surface area contributed by atoms with Crippen LogP contribution in [0.1, 0.15) is 41.5 Å². The summed E-state index contributed by atoms with van der Waals surface area (Å²) in [6.45, 7) is 30.2. The number of rotatable bonds is 4. The Morgan fingerprint density at radius 1 is 0.700 bits per heavy atom. The predicted octanol–water partition coefficient (Wildman–Crippen LogP) is 6.30. The average molecular weight is 333 g/mol. The predicted molar refractivity (Wildman–Crippen MR) is 103 cm³/mol. The van der Waals surface area contributed by atoms with E-state index in [1.165, 1.54) is 0 Å². The number of hydrogen-bond donors (Lipinski definition) is 0. The fourth-order valence-electron chi connectivity index (χ4n) is 4.71. The first-order chi connectivity index (χ1) is 8.43. The van der Waals surface area contributed by atoms with Gasteiger partial charge in [0.15, 0.2) is 8.32 Å². The molecular weight excluding hydrogens is 292 g/mol. The molecule has 4 heteroatoms. The van der Waals surface area contributed by atoms with Gasteiger partial charge in [-0.1, -0.05) is 67.7 Å². The van der Waals surface area contributed by atoms with Crippen LogP contribution in [-0.4, -0.2) is 31.6 Å². The lowest BCUT2D eigenvalue weighted by atomic mass is 10.2. The molecule has 122 valence electrons. The van der Waals surface area contributed by atoms with Crippen molar-refractivity contribution in [1.29, 1.82) is 0 Å². The van der Waals surface area contributed by atoms with Gasteiger partial charge in [0.25, 0.3) is 0 Å². The van der Waals surface area contributed by atoms with Crippen LogP contribution in [-0.2, 0) is 4.43 Å². The van der Waals surface area contributed by atoms with Gasteiger partial charge in [-0.25, -0.2) is 0 Å². The molecule has 1 nitrogen and oxygen atoms in total. The standard InChI is InChI=1S/C16H40OSi3/c1-15(2,3)20(13,16(4,5)6)14(18(8,9)10)19(11,12)17-7/h14H,1-13H3. The summed E-state index contributed by atoms with van der Waals surface area (Å²) in [5, 5.41) is 0.804. The Morgan fingerprint density at radius 3 is 1.15 bits per heavy atom. The molecule has 0 aromatic rings. The Kier molecular flexibility index (Phi) is 5.84. The first-order valence-corrected chi connectivity index (χ1v) is 17.1. The lowest BCUT2D eigenvalue weighted by molar-refractivity contribution is 0.402. The van der Waals surface area contributed by atoms with Crippen LogP contribution in [0.4, 0.5) is 0 Å². The largest absolute Gasteiger partial charge is 0.421 e. The van der Waals surface area contributed by atoms with Gasteiger partial charge >= 0.3 is 0 Å². The minimum absolute atomic E-state index is 0.402. The molecule has 20 heavy (non-hydrogen) atoms. The zero-order chi connectivity index (χ0) is 16.8. The third-order valence-corrected chi connectivity index (χ3v) is 30.2. The molecule has 0 heterocycles. The second kappa shape index (κ2) is 5.67. The van der Waals surface area contributed by atoms with Crippen molar-refractivity contribution in [1.82, 2.24) is 0 Å². The molecule has 0 aliphatic carbocycles. The third kappa shape index (κ3) is 3.68. The van der Waals surface area contributed by atoms with E-state index < -0.39 is 24.5 Å². The molecule has 0 radical (unpaired) electrons. The van der Waals surface area contributed by atoms with Crippen molar-refractivity contribution < 1.29 is 4.43 Å². The minimum Gasteiger partial charge on any atom is -0.421 e. The van der Waals surface area contributed by atoms with Gasteiger partial charge in [-0.15, -0.1) is 0 Å². The van der Waals surface area contributed by atoms with Crippen LogP contribution in [0.2, 0.25) is 54.1 Å². The van der Waals surface area contributed by atoms with Gasteiger partial charge in [-0.2, -0.15) is 0 Å². The Balaban J connectivity index is 6.37. The van der Waals surface area contributed by atoms with Gasteiger partial charge in [0.2, 0.25) is 0 Å². The third-order valence-electron chi connectivity index (χ3n) is 5.78. The molecule has 0 N–H and O–H groups in total. The Labute approximate surface area is 132 Å². The van der Waals surface area contributed by atoms with Crippen molar-refractivity contribution in [2.45, 2.75) is 95.7 Å². The summed E-state index contributed by atoms with van der Waals surface area (Å²) in [5.41, 5.74) is 0. The van der Waals surface area contributed by atoms with E-state index in [2.05, 4.69) is 80.8 Å². The Hall–Kier alpha value is 0.611. The van der Waals surface area contributed by atoms with Gasteiger partial charge in [-0.05, 0) is 28.0 Å². The topological polar surface area (TPSA) is 9.23 Å². The van der Waals surface area contributed by atoms with Gasteiger partial charge in [0.1, 0.15) is 0 Å². The molecule has 0 aliphatic heterocycles.